The molecule has 0 fully saturated rings. The first kappa shape index (κ1) is 17.3. The van der Waals surface area contributed by atoms with Crippen LogP contribution in [0.4, 0.5) is 0 Å². The molecule has 0 bridgehead atoms. The highest BCUT2D eigenvalue weighted by atomic mass is 32.2. The lowest BCUT2D eigenvalue weighted by Crippen LogP contribution is -2.38. The molecule has 0 rings (SSSR count). The molecule has 0 spiro atoms. The van der Waals surface area contributed by atoms with Crippen LogP contribution in [0.1, 0.15) is 46.5 Å². The van der Waals surface area contributed by atoms with E-state index in [0.29, 0.717) is 25.9 Å². The van der Waals surface area contributed by atoms with Gasteiger partial charge < -0.3 is 5.11 Å². The van der Waals surface area contributed by atoms with E-state index in [-0.39, 0.29) is 11.8 Å². The van der Waals surface area contributed by atoms with Crippen molar-refractivity contribution >= 4 is 16.2 Å². The third-order valence-corrected chi connectivity index (χ3v) is 3.82. The van der Waals surface area contributed by atoms with Gasteiger partial charge in [0.15, 0.2) is 0 Å². The highest BCUT2D eigenvalue weighted by molar-refractivity contribution is 7.87. The van der Waals surface area contributed by atoms with Gasteiger partial charge in [0.05, 0.1) is 0 Å². The van der Waals surface area contributed by atoms with Gasteiger partial charge in [-0.3, -0.25) is 4.79 Å². The largest absolute Gasteiger partial charge is 0.481 e. The maximum atomic E-state index is 11.4. The van der Waals surface area contributed by atoms with E-state index >= 15 is 0 Å². The number of carboxylic acid groups (broad SMARTS) is 1. The molecule has 0 aromatic rings. The molecule has 3 N–H and O–H groups in total. The van der Waals surface area contributed by atoms with Crippen LogP contribution in [-0.4, -0.2) is 32.6 Å². The molecule has 0 radical (unpaired) electrons. The smallest absolute Gasteiger partial charge is 0.303 e. The van der Waals surface area contributed by atoms with Gasteiger partial charge in [-0.25, -0.2) is 9.44 Å². The molecule has 0 heterocycles. The van der Waals surface area contributed by atoms with E-state index in [4.69, 9.17) is 5.11 Å². The van der Waals surface area contributed by atoms with Crippen molar-refractivity contribution in [1.82, 2.24) is 9.44 Å². The summed E-state index contributed by atoms with van der Waals surface area (Å²) < 4.78 is 27.7. The Labute approximate surface area is 109 Å². The number of nitrogens with one attached hydrogen (secondary N) is 2. The van der Waals surface area contributed by atoms with Crippen LogP contribution < -0.4 is 9.44 Å². The Morgan fingerprint density at radius 3 is 2.22 bits per heavy atom. The van der Waals surface area contributed by atoms with Crippen LogP contribution in [0.2, 0.25) is 0 Å². The van der Waals surface area contributed by atoms with E-state index in [1.54, 1.807) is 0 Å². The molecular formula is C11H24N2O4S. The van der Waals surface area contributed by atoms with Crippen LogP contribution >= 0.6 is 0 Å². The molecule has 0 aromatic heterocycles. The van der Waals surface area contributed by atoms with Crippen molar-refractivity contribution in [2.24, 2.45) is 5.41 Å². The van der Waals surface area contributed by atoms with Gasteiger partial charge in [-0.15, -0.1) is 0 Å². The van der Waals surface area contributed by atoms with Crippen LogP contribution in [0.3, 0.4) is 0 Å². The summed E-state index contributed by atoms with van der Waals surface area (Å²) in [7, 11) is -3.41. The highest BCUT2D eigenvalue weighted by Crippen LogP contribution is 2.25. The van der Waals surface area contributed by atoms with Crippen molar-refractivity contribution in [2.75, 3.05) is 13.1 Å². The summed E-state index contributed by atoms with van der Waals surface area (Å²) in [6.45, 7) is 6.48. The van der Waals surface area contributed by atoms with Crippen molar-refractivity contribution in [2.45, 2.75) is 46.5 Å². The maximum absolute atomic E-state index is 11.4. The zero-order valence-corrected chi connectivity index (χ0v) is 12.1. The molecular weight excluding hydrogens is 256 g/mol. The first-order chi connectivity index (χ1) is 8.18. The monoisotopic (exact) mass is 280 g/mol. The third-order valence-electron chi connectivity index (χ3n) is 2.65. The minimum Gasteiger partial charge on any atom is -0.481 e. The van der Waals surface area contributed by atoms with Gasteiger partial charge in [0.1, 0.15) is 0 Å². The average molecular weight is 280 g/mol. The fourth-order valence-corrected chi connectivity index (χ4v) is 2.33. The van der Waals surface area contributed by atoms with Crippen molar-refractivity contribution < 1.29 is 18.3 Å². The molecule has 0 saturated carbocycles. The van der Waals surface area contributed by atoms with Gasteiger partial charge in [-0.1, -0.05) is 20.8 Å². The molecule has 0 unspecified atom stereocenters. The number of rotatable bonds is 10. The molecule has 7 heteroatoms. The normalized spacial score (nSPS) is 12.6. The van der Waals surface area contributed by atoms with Crippen molar-refractivity contribution in [3.05, 3.63) is 0 Å². The SMILES string of the molecule is CCCNS(=O)(=O)NCCC(C)(C)CCC(=O)O. The Kier molecular flexibility index (Phi) is 7.42. The number of aliphatic carboxylic acids is 1. The number of carboxylic acids is 1. The Bertz CT molecular complexity index is 352. The molecule has 0 aliphatic rings. The molecule has 0 aliphatic heterocycles. The fourth-order valence-electron chi connectivity index (χ4n) is 1.38. The number of hydrogen-bond donors (Lipinski definition) is 3. The topological polar surface area (TPSA) is 95.5 Å². The second-order valence-electron chi connectivity index (χ2n) is 5.10. The first-order valence-electron chi connectivity index (χ1n) is 6.14. The van der Waals surface area contributed by atoms with Crippen molar-refractivity contribution in [1.29, 1.82) is 0 Å². The van der Waals surface area contributed by atoms with Gasteiger partial charge in [0, 0.05) is 19.5 Å². The second kappa shape index (κ2) is 7.70. The molecule has 0 atom stereocenters. The number of hydrogen-bond acceptors (Lipinski definition) is 3. The summed E-state index contributed by atoms with van der Waals surface area (Å²) in [5.41, 5.74) is -0.189. The zero-order chi connectivity index (χ0) is 14.2. The minimum absolute atomic E-state index is 0.105. The van der Waals surface area contributed by atoms with Gasteiger partial charge in [0.25, 0.3) is 10.2 Å². The van der Waals surface area contributed by atoms with E-state index in [0.717, 1.165) is 6.42 Å². The van der Waals surface area contributed by atoms with Crippen molar-refractivity contribution in [3.8, 4) is 0 Å². The van der Waals surface area contributed by atoms with Gasteiger partial charge in [-0.05, 0) is 24.7 Å². The summed E-state index contributed by atoms with van der Waals surface area (Å²) in [4.78, 5) is 10.5. The molecule has 6 nitrogen and oxygen atoms in total. The lowest BCUT2D eigenvalue weighted by Gasteiger charge is -2.23. The molecule has 0 aliphatic carbocycles. The van der Waals surface area contributed by atoms with Crippen LogP contribution in [0.5, 0.6) is 0 Å². The van der Waals surface area contributed by atoms with Gasteiger partial charge >= 0.3 is 5.97 Å². The van der Waals surface area contributed by atoms with Crippen LogP contribution in [-0.2, 0) is 15.0 Å². The predicted molar refractivity (Wildman–Crippen MR) is 70.5 cm³/mol. The van der Waals surface area contributed by atoms with E-state index in [2.05, 4.69) is 9.44 Å². The first-order valence-corrected chi connectivity index (χ1v) is 7.63. The van der Waals surface area contributed by atoms with Gasteiger partial charge in [-0.2, -0.15) is 8.42 Å². The summed E-state index contributed by atoms with van der Waals surface area (Å²) in [5.74, 6) is -0.826. The third kappa shape index (κ3) is 9.38. The molecule has 0 aromatic carbocycles. The van der Waals surface area contributed by atoms with E-state index in [1.807, 2.05) is 20.8 Å². The molecule has 18 heavy (non-hydrogen) atoms. The molecule has 108 valence electrons. The van der Waals surface area contributed by atoms with Crippen LogP contribution in [0.25, 0.3) is 0 Å². The van der Waals surface area contributed by atoms with E-state index in [1.165, 1.54) is 0 Å². The molecule has 0 saturated heterocycles. The minimum atomic E-state index is -3.41. The van der Waals surface area contributed by atoms with Crippen LogP contribution in [0.15, 0.2) is 0 Å². The molecule has 0 amide bonds. The summed E-state index contributed by atoms with van der Waals surface area (Å²) in [6.07, 6.45) is 1.98. The number of carbonyl (C=O) groups is 1. The summed E-state index contributed by atoms with van der Waals surface area (Å²) in [5, 5.41) is 8.61. The second-order valence-corrected chi connectivity index (χ2v) is 6.68. The summed E-state index contributed by atoms with van der Waals surface area (Å²) >= 11 is 0. The Morgan fingerprint density at radius 2 is 1.72 bits per heavy atom. The van der Waals surface area contributed by atoms with Crippen LogP contribution in [0, 0.1) is 5.41 Å². The zero-order valence-electron chi connectivity index (χ0n) is 11.3. The highest BCUT2D eigenvalue weighted by Gasteiger charge is 2.20. The quantitative estimate of drug-likeness (QED) is 0.558. The van der Waals surface area contributed by atoms with Crippen molar-refractivity contribution in [3.63, 3.8) is 0 Å². The van der Waals surface area contributed by atoms with Gasteiger partial charge in [0.2, 0.25) is 0 Å². The Hall–Kier alpha value is -0.660. The van der Waals surface area contributed by atoms with E-state index in [9.17, 15) is 13.2 Å². The standard InChI is InChI=1S/C11H24N2O4S/c1-4-8-12-18(16,17)13-9-7-11(2,3)6-5-10(14)15/h12-13H,4-9H2,1-3H3,(H,14,15). The lowest BCUT2D eigenvalue weighted by molar-refractivity contribution is -0.137. The lowest BCUT2D eigenvalue weighted by atomic mass is 9.84. The predicted octanol–water partition coefficient (Wildman–Crippen LogP) is 1.10. The summed E-state index contributed by atoms with van der Waals surface area (Å²) in [6, 6.07) is 0. The Balaban J connectivity index is 3.98. The van der Waals surface area contributed by atoms with E-state index < -0.39 is 16.2 Å². The average Bonchev–Trinajstić information content (AvgIpc) is 2.23. The fraction of sp³-hybridized carbons (Fsp3) is 0.909. The maximum Gasteiger partial charge on any atom is 0.303 e. The Morgan fingerprint density at radius 1 is 1.17 bits per heavy atom.